The SMILES string of the molecule is COc1cccc(C(Sc2nccc(=O)[nH]2)C(C)N)c1. The molecule has 106 valence electrons. The van der Waals surface area contributed by atoms with Gasteiger partial charge in [0.1, 0.15) is 5.75 Å². The topological polar surface area (TPSA) is 81.0 Å². The number of benzene rings is 1. The van der Waals surface area contributed by atoms with Crippen LogP contribution in [0.4, 0.5) is 0 Å². The maximum Gasteiger partial charge on any atom is 0.251 e. The molecule has 2 atom stereocenters. The molecule has 1 aromatic carbocycles. The second kappa shape index (κ2) is 6.58. The minimum atomic E-state index is -0.170. The molecule has 0 aliphatic heterocycles. The van der Waals surface area contributed by atoms with Crippen LogP contribution in [0.5, 0.6) is 5.75 Å². The number of aromatic nitrogens is 2. The minimum absolute atomic E-state index is 0.0179. The fraction of sp³-hybridized carbons (Fsp3) is 0.286. The number of hydrogen-bond donors (Lipinski definition) is 2. The third-order valence-corrected chi connectivity index (χ3v) is 4.17. The molecule has 0 radical (unpaired) electrons. The van der Waals surface area contributed by atoms with Gasteiger partial charge in [0.25, 0.3) is 5.56 Å². The normalized spacial score (nSPS) is 13.8. The molecule has 1 aromatic heterocycles. The fourth-order valence-corrected chi connectivity index (χ4v) is 2.85. The van der Waals surface area contributed by atoms with Crippen molar-refractivity contribution in [3.05, 3.63) is 52.4 Å². The molecule has 20 heavy (non-hydrogen) atoms. The molecule has 0 saturated heterocycles. The third kappa shape index (κ3) is 3.61. The Morgan fingerprint density at radius 2 is 2.20 bits per heavy atom. The molecule has 0 bridgehead atoms. The Kier molecular flexibility index (Phi) is 4.81. The summed E-state index contributed by atoms with van der Waals surface area (Å²) < 4.78 is 5.23. The zero-order valence-electron chi connectivity index (χ0n) is 11.4. The van der Waals surface area contributed by atoms with Gasteiger partial charge in [0, 0.05) is 18.3 Å². The van der Waals surface area contributed by atoms with Gasteiger partial charge in [-0.3, -0.25) is 4.79 Å². The van der Waals surface area contributed by atoms with E-state index in [1.807, 2.05) is 31.2 Å². The molecule has 3 N–H and O–H groups in total. The smallest absolute Gasteiger partial charge is 0.251 e. The Hall–Kier alpha value is -1.79. The molecular weight excluding hydrogens is 274 g/mol. The summed E-state index contributed by atoms with van der Waals surface area (Å²) in [7, 11) is 1.63. The molecule has 0 fully saturated rings. The van der Waals surface area contributed by atoms with Gasteiger partial charge >= 0.3 is 0 Å². The minimum Gasteiger partial charge on any atom is -0.497 e. The Morgan fingerprint density at radius 3 is 2.85 bits per heavy atom. The van der Waals surface area contributed by atoms with Gasteiger partial charge in [-0.15, -0.1) is 0 Å². The van der Waals surface area contributed by atoms with Crippen LogP contribution in [0.15, 0.2) is 46.5 Å². The van der Waals surface area contributed by atoms with Crippen LogP contribution < -0.4 is 16.0 Å². The van der Waals surface area contributed by atoms with Crippen LogP contribution in [0.3, 0.4) is 0 Å². The quantitative estimate of drug-likeness (QED) is 0.650. The number of nitrogens with two attached hydrogens (primary N) is 1. The van der Waals surface area contributed by atoms with Crippen LogP contribution in [-0.4, -0.2) is 23.1 Å². The lowest BCUT2D eigenvalue weighted by atomic mass is 10.1. The van der Waals surface area contributed by atoms with E-state index in [1.54, 1.807) is 7.11 Å². The van der Waals surface area contributed by atoms with Crippen molar-refractivity contribution in [1.82, 2.24) is 9.97 Å². The predicted octanol–water partition coefficient (Wildman–Crippen LogP) is 1.96. The van der Waals surface area contributed by atoms with Crippen molar-refractivity contribution in [1.29, 1.82) is 0 Å². The lowest BCUT2D eigenvalue weighted by Gasteiger charge is -2.20. The van der Waals surface area contributed by atoms with Gasteiger partial charge in [-0.1, -0.05) is 23.9 Å². The van der Waals surface area contributed by atoms with Crippen molar-refractivity contribution >= 4 is 11.8 Å². The molecule has 0 aliphatic rings. The highest BCUT2D eigenvalue weighted by Crippen LogP contribution is 2.36. The summed E-state index contributed by atoms with van der Waals surface area (Å²) >= 11 is 1.44. The van der Waals surface area contributed by atoms with E-state index in [4.69, 9.17) is 10.5 Å². The number of methoxy groups -OCH3 is 1. The van der Waals surface area contributed by atoms with Crippen molar-refractivity contribution < 1.29 is 4.74 Å². The standard InChI is InChI=1S/C14H17N3O2S/c1-9(15)13(10-4-3-5-11(8-10)19-2)20-14-16-7-6-12(18)17-14/h3-9,13H,15H2,1-2H3,(H,16,17,18). The van der Waals surface area contributed by atoms with Crippen molar-refractivity contribution in [2.75, 3.05) is 7.11 Å². The first-order valence-corrected chi connectivity index (χ1v) is 7.09. The second-order valence-corrected chi connectivity index (χ2v) is 5.54. The van der Waals surface area contributed by atoms with E-state index in [0.717, 1.165) is 11.3 Å². The van der Waals surface area contributed by atoms with Crippen LogP contribution >= 0.6 is 11.8 Å². The Labute approximate surface area is 121 Å². The van der Waals surface area contributed by atoms with Crippen LogP contribution in [0, 0.1) is 0 Å². The number of nitrogens with one attached hydrogen (secondary N) is 1. The first-order valence-electron chi connectivity index (χ1n) is 6.21. The maximum absolute atomic E-state index is 11.3. The Morgan fingerprint density at radius 1 is 1.40 bits per heavy atom. The van der Waals surface area contributed by atoms with Gasteiger partial charge < -0.3 is 15.5 Å². The summed E-state index contributed by atoms with van der Waals surface area (Å²) in [6.45, 7) is 1.93. The van der Waals surface area contributed by atoms with Crippen molar-refractivity contribution in [3.63, 3.8) is 0 Å². The van der Waals surface area contributed by atoms with Gasteiger partial charge in [-0.05, 0) is 24.6 Å². The molecule has 6 heteroatoms. The molecule has 0 aliphatic carbocycles. The van der Waals surface area contributed by atoms with E-state index in [0.29, 0.717) is 5.16 Å². The van der Waals surface area contributed by atoms with Crippen molar-refractivity contribution in [2.24, 2.45) is 5.73 Å². The molecule has 5 nitrogen and oxygen atoms in total. The molecule has 2 rings (SSSR count). The van der Waals surface area contributed by atoms with Gasteiger partial charge in [-0.2, -0.15) is 0 Å². The molecule has 0 spiro atoms. The largest absolute Gasteiger partial charge is 0.497 e. The fourth-order valence-electron chi connectivity index (χ4n) is 1.83. The summed E-state index contributed by atoms with van der Waals surface area (Å²) in [4.78, 5) is 18.2. The van der Waals surface area contributed by atoms with Crippen LogP contribution in [-0.2, 0) is 0 Å². The highest BCUT2D eigenvalue weighted by molar-refractivity contribution is 7.99. The highest BCUT2D eigenvalue weighted by Gasteiger charge is 2.19. The van der Waals surface area contributed by atoms with Crippen LogP contribution in [0.2, 0.25) is 0 Å². The molecular formula is C14H17N3O2S. The Balaban J connectivity index is 2.29. The molecule has 2 unspecified atom stereocenters. The van der Waals surface area contributed by atoms with E-state index >= 15 is 0 Å². The summed E-state index contributed by atoms with van der Waals surface area (Å²) in [5.41, 5.74) is 6.93. The number of ether oxygens (including phenoxy) is 1. The summed E-state index contributed by atoms with van der Waals surface area (Å²) in [5, 5.41) is 0.540. The molecule has 0 saturated carbocycles. The van der Waals surface area contributed by atoms with Crippen LogP contribution in [0.25, 0.3) is 0 Å². The first-order chi connectivity index (χ1) is 9.60. The van der Waals surface area contributed by atoms with Crippen molar-refractivity contribution in [2.45, 2.75) is 23.4 Å². The first kappa shape index (κ1) is 14.6. The monoisotopic (exact) mass is 291 g/mol. The lowest BCUT2D eigenvalue weighted by Crippen LogP contribution is -2.23. The summed E-state index contributed by atoms with van der Waals surface area (Å²) in [5.74, 6) is 0.781. The van der Waals surface area contributed by atoms with Gasteiger partial charge in [0.15, 0.2) is 5.16 Å². The van der Waals surface area contributed by atoms with E-state index < -0.39 is 0 Å². The van der Waals surface area contributed by atoms with E-state index in [-0.39, 0.29) is 16.9 Å². The van der Waals surface area contributed by atoms with Crippen molar-refractivity contribution in [3.8, 4) is 5.75 Å². The second-order valence-electron chi connectivity index (χ2n) is 4.41. The maximum atomic E-state index is 11.3. The van der Waals surface area contributed by atoms with Gasteiger partial charge in [-0.25, -0.2) is 4.98 Å². The number of rotatable bonds is 5. The van der Waals surface area contributed by atoms with Crippen LogP contribution in [0.1, 0.15) is 17.7 Å². The highest BCUT2D eigenvalue weighted by atomic mass is 32.2. The average molecular weight is 291 g/mol. The van der Waals surface area contributed by atoms with Gasteiger partial charge in [0.2, 0.25) is 0 Å². The van der Waals surface area contributed by atoms with Gasteiger partial charge in [0.05, 0.1) is 12.4 Å². The van der Waals surface area contributed by atoms with E-state index in [2.05, 4.69) is 9.97 Å². The summed E-state index contributed by atoms with van der Waals surface area (Å²) in [6, 6.07) is 9.03. The third-order valence-electron chi connectivity index (χ3n) is 2.79. The zero-order chi connectivity index (χ0) is 14.5. The van der Waals surface area contributed by atoms with E-state index in [1.165, 1.54) is 24.0 Å². The predicted molar refractivity (Wildman–Crippen MR) is 80.1 cm³/mol. The molecule has 0 amide bonds. The summed E-state index contributed by atoms with van der Waals surface area (Å²) in [6.07, 6.45) is 1.49. The zero-order valence-corrected chi connectivity index (χ0v) is 12.2. The number of thioether (sulfide) groups is 1. The number of H-pyrrole nitrogens is 1. The average Bonchev–Trinajstić information content (AvgIpc) is 2.44. The Bertz CT molecular complexity index is 628. The number of hydrogen-bond acceptors (Lipinski definition) is 5. The number of aromatic amines is 1. The van der Waals surface area contributed by atoms with E-state index in [9.17, 15) is 4.79 Å². The molecule has 1 heterocycles. The number of nitrogens with zero attached hydrogens (tertiary/aromatic N) is 1. The lowest BCUT2D eigenvalue weighted by molar-refractivity contribution is 0.414. The molecule has 2 aromatic rings.